The smallest absolute Gasteiger partial charge is 0.246 e. The summed E-state index contributed by atoms with van der Waals surface area (Å²) in [6.07, 6.45) is 6.49. The number of carbonyl (C=O) groups is 2. The van der Waals surface area contributed by atoms with E-state index in [1.165, 1.54) is 11.1 Å². The monoisotopic (exact) mass is 328 g/mol. The van der Waals surface area contributed by atoms with E-state index >= 15 is 0 Å². The summed E-state index contributed by atoms with van der Waals surface area (Å²) in [4.78, 5) is 26.3. The summed E-state index contributed by atoms with van der Waals surface area (Å²) >= 11 is 0. The van der Waals surface area contributed by atoms with E-state index in [0.717, 1.165) is 12.8 Å². The second-order valence-corrected chi connectivity index (χ2v) is 6.56. The molecule has 0 radical (unpaired) electrons. The number of amides is 1. The fourth-order valence-electron chi connectivity index (χ4n) is 3.09. The van der Waals surface area contributed by atoms with Crippen molar-refractivity contribution in [1.82, 2.24) is 4.90 Å². The number of allylic oxidation sites excluding steroid dienone is 1. The molecule has 1 aliphatic rings. The topological polar surface area (TPSA) is 63.4 Å². The van der Waals surface area contributed by atoms with Crippen LogP contribution in [-0.2, 0) is 22.7 Å². The largest absolute Gasteiger partial charge is 0.330 e. The molecule has 0 aliphatic carbocycles. The molecule has 4 nitrogen and oxygen atoms in total. The van der Waals surface area contributed by atoms with Gasteiger partial charge in [-0.2, -0.15) is 0 Å². The highest BCUT2D eigenvalue weighted by atomic mass is 16.2. The maximum absolute atomic E-state index is 12.4. The number of rotatable bonds is 8. The average Bonchev–Trinajstić information content (AvgIpc) is 3.03. The molecule has 1 amide bonds. The molecule has 1 heterocycles. The Hall–Kier alpha value is -1.94. The number of ketones is 1. The molecule has 0 saturated carbocycles. The first kappa shape index (κ1) is 18.4. The Bertz CT molecular complexity index is 584. The van der Waals surface area contributed by atoms with Crippen LogP contribution in [0.2, 0.25) is 0 Å². The number of nitrogens with zero attached hydrogens (tertiary/aromatic N) is 1. The molecule has 0 saturated heterocycles. The molecule has 24 heavy (non-hydrogen) atoms. The lowest BCUT2D eigenvalue weighted by Crippen LogP contribution is -2.30. The van der Waals surface area contributed by atoms with Gasteiger partial charge in [-0.05, 0) is 36.0 Å². The van der Waals surface area contributed by atoms with Crippen LogP contribution in [0, 0.1) is 5.92 Å². The van der Waals surface area contributed by atoms with E-state index in [-0.39, 0.29) is 23.7 Å². The molecular formula is C20H28N2O2. The third-order valence-corrected chi connectivity index (χ3v) is 4.64. The van der Waals surface area contributed by atoms with Crippen LogP contribution < -0.4 is 5.73 Å². The van der Waals surface area contributed by atoms with Gasteiger partial charge in [0.15, 0.2) is 0 Å². The molecule has 1 aromatic carbocycles. The predicted molar refractivity (Wildman–Crippen MR) is 96.1 cm³/mol. The highest BCUT2D eigenvalue weighted by molar-refractivity contribution is 5.88. The molecule has 130 valence electrons. The Morgan fingerprint density at radius 2 is 1.83 bits per heavy atom. The average molecular weight is 328 g/mol. The van der Waals surface area contributed by atoms with Gasteiger partial charge in [-0.15, -0.1) is 0 Å². The van der Waals surface area contributed by atoms with Crippen LogP contribution in [-0.4, -0.2) is 22.6 Å². The van der Waals surface area contributed by atoms with Crippen molar-refractivity contribution in [3.63, 3.8) is 0 Å². The van der Waals surface area contributed by atoms with E-state index in [2.05, 4.69) is 19.1 Å². The lowest BCUT2D eigenvalue weighted by atomic mass is 9.93. The Morgan fingerprint density at radius 3 is 2.38 bits per heavy atom. The normalized spacial score (nSPS) is 16.2. The van der Waals surface area contributed by atoms with Gasteiger partial charge >= 0.3 is 0 Å². The first-order valence-corrected chi connectivity index (χ1v) is 8.87. The van der Waals surface area contributed by atoms with Gasteiger partial charge in [-0.25, -0.2) is 0 Å². The first-order chi connectivity index (χ1) is 11.5. The molecule has 0 spiro atoms. The van der Waals surface area contributed by atoms with Crippen LogP contribution in [0.25, 0.3) is 0 Å². The number of hydrogen-bond donors (Lipinski definition) is 1. The summed E-state index contributed by atoms with van der Waals surface area (Å²) in [7, 11) is 0. The maximum Gasteiger partial charge on any atom is 0.246 e. The van der Waals surface area contributed by atoms with Gasteiger partial charge in [0, 0.05) is 19.5 Å². The molecule has 0 aromatic heterocycles. The highest BCUT2D eigenvalue weighted by Crippen LogP contribution is 2.23. The zero-order valence-corrected chi connectivity index (χ0v) is 14.7. The van der Waals surface area contributed by atoms with Gasteiger partial charge in [0.1, 0.15) is 5.78 Å². The summed E-state index contributed by atoms with van der Waals surface area (Å²) < 4.78 is 0. The number of carbonyl (C=O) groups excluding carboxylic acids is 2. The van der Waals surface area contributed by atoms with Crippen molar-refractivity contribution in [1.29, 1.82) is 0 Å². The fourth-order valence-corrected chi connectivity index (χ4v) is 3.09. The SMILES string of the molecule is CCC[C@@H](/C=C/C(=O)N1Cc2ccccc2C1)CC(=O)[C@@H](N)CC. The van der Waals surface area contributed by atoms with Gasteiger partial charge in [0.25, 0.3) is 0 Å². The van der Waals surface area contributed by atoms with E-state index in [0.29, 0.717) is 25.9 Å². The molecule has 2 rings (SSSR count). The second-order valence-electron chi connectivity index (χ2n) is 6.56. The van der Waals surface area contributed by atoms with Crippen LogP contribution in [0.15, 0.2) is 36.4 Å². The lowest BCUT2D eigenvalue weighted by Gasteiger charge is -2.15. The summed E-state index contributed by atoms with van der Waals surface area (Å²) in [5.74, 6) is 0.190. The third kappa shape index (κ3) is 4.78. The zero-order valence-electron chi connectivity index (χ0n) is 14.7. The van der Waals surface area contributed by atoms with Crippen molar-refractivity contribution in [2.75, 3.05) is 0 Å². The molecule has 2 atom stereocenters. The summed E-state index contributed by atoms with van der Waals surface area (Å²) in [6.45, 7) is 5.33. The third-order valence-electron chi connectivity index (χ3n) is 4.64. The van der Waals surface area contributed by atoms with Crippen molar-refractivity contribution in [3.05, 3.63) is 47.5 Å². The van der Waals surface area contributed by atoms with Crippen LogP contribution in [0.3, 0.4) is 0 Å². The van der Waals surface area contributed by atoms with Gasteiger partial charge in [0.2, 0.25) is 5.91 Å². The quantitative estimate of drug-likeness (QED) is 0.745. The van der Waals surface area contributed by atoms with Gasteiger partial charge < -0.3 is 10.6 Å². The van der Waals surface area contributed by atoms with E-state index < -0.39 is 0 Å². The predicted octanol–water partition coefficient (Wildman–Crippen LogP) is 3.20. The molecule has 1 aromatic rings. The van der Waals surface area contributed by atoms with E-state index in [9.17, 15) is 9.59 Å². The maximum atomic E-state index is 12.4. The minimum absolute atomic E-state index is 0.0135. The number of Topliss-reactive ketones (excluding diaryl/α,β-unsaturated/α-hetero) is 1. The molecular weight excluding hydrogens is 300 g/mol. The van der Waals surface area contributed by atoms with Crippen LogP contribution in [0.1, 0.15) is 50.7 Å². The lowest BCUT2D eigenvalue weighted by molar-refractivity contribution is -0.126. The molecule has 2 N–H and O–H groups in total. The van der Waals surface area contributed by atoms with E-state index in [1.807, 2.05) is 30.0 Å². The molecule has 0 fully saturated rings. The second kappa shape index (κ2) is 8.78. The highest BCUT2D eigenvalue weighted by Gasteiger charge is 2.22. The number of benzene rings is 1. The van der Waals surface area contributed by atoms with Crippen molar-refractivity contribution in [3.8, 4) is 0 Å². The molecule has 0 unspecified atom stereocenters. The standard InChI is InChI=1S/C20H28N2O2/c1-3-7-15(12-19(23)18(21)4-2)10-11-20(24)22-13-16-8-5-6-9-17(16)14-22/h5-6,8-11,15,18H,3-4,7,12-14,21H2,1-2H3/b11-10+/t15-,18-/m0/s1. The first-order valence-electron chi connectivity index (χ1n) is 8.87. The zero-order chi connectivity index (χ0) is 17.5. The van der Waals surface area contributed by atoms with Crippen molar-refractivity contribution >= 4 is 11.7 Å². The van der Waals surface area contributed by atoms with E-state index in [4.69, 9.17) is 5.73 Å². The van der Waals surface area contributed by atoms with Crippen molar-refractivity contribution < 1.29 is 9.59 Å². The van der Waals surface area contributed by atoms with E-state index in [1.54, 1.807) is 6.08 Å². The van der Waals surface area contributed by atoms with Crippen molar-refractivity contribution in [2.45, 2.75) is 58.7 Å². The van der Waals surface area contributed by atoms with Crippen molar-refractivity contribution in [2.24, 2.45) is 11.7 Å². The Balaban J connectivity index is 1.94. The summed E-state index contributed by atoms with van der Waals surface area (Å²) in [5, 5.41) is 0. The molecule has 1 aliphatic heterocycles. The summed E-state index contributed by atoms with van der Waals surface area (Å²) in [6, 6.07) is 7.75. The minimum atomic E-state index is -0.387. The van der Waals surface area contributed by atoms with Crippen LogP contribution >= 0.6 is 0 Å². The number of nitrogens with two attached hydrogens (primary N) is 1. The van der Waals surface area contributed by atoms with Gasteiger partial charge in [0.05, 0.1) is 6.04 Å². The Labute approximate surface area is 144 Å². The molecule has 4 heteroatoms. The Morgan fingerprint density at radius 1 is 1.21 bits per heavy atom. The van der Waals surface area contributed by atoms with Gasteiger partial charge in [-0.3, -0.25) is 9.59 Å². The van der Waals surface area contributed by atoms with Crippen LogP contribution in [0.4, 0.5) is 0 Å². The Kier molecular flexibility index (Phi) is 6.73. The number of fused-ring (bicyclic) bond motifs is 1. The summed E-state index contributed by atoms with van der Waals surface area (Å²) in [5.41, 5.74) is 8.25. The molecule has 0 bridgehead atoms. The van der Waals surface area contributed by atoms with Gasteiger partial charge in [-0.1, -0.05) is 50.6 Å². The number of hydrogen-bond acceptors (Lipinski definition) is 3. The van der Waals surface area contributed by atoms with Crippen LogP contribution in [0.5, 0.6) is 0 Å². The fraction of sp³-hybridized carbons (Fsp3) is 0.500. The minimum Gasteiger partial charge on any atom is -0.330 e.